The van der Waals surface area contributed by atoms with Crippen molar-refractivity contribution in [2.45, 2.75) is 45.2 Å². The highest BCUT2D eigenvalue weighted by molar-refractivity contribution is 7.09. The van der Waals surface area contributed by atoms with Crippen LogP contribution >= 0.6 is 11.3 Å². The molecule has 1 unspecified atom stereocenters. The smallest absolute Gasteiger partial charge is 0.0328 e. The molecule has 1 atom stereocenters. The summed E-state index contributed by atoms with van der Waals surface area (Å²) < 4.78 is 0. The first-order valence-corrected chi connectivity index (χ1v) is 8.01. The molecule has 0 aliphatic heterocycles. The fourth-order valence-electron chi connectivity index (χ4n) is 3.17. The van der Waals surface area contributed by atoms with Gasteiger partial charge in [0.2, 0.25) is 0 Å². The van der Waals surface area contributed by atoms with Crippen LogP contribution in [-0.2, 0) is 6.54 Å². The highest BCUT2D eigenvalue weighted by Gasteiger charge is 2.27. The second-order valence-corrected chi connectivity index (χ2v) is 6.85. The molecular formula is C15H26N2S. The minimum absolute atomic E-state index is 0.555. The molecule has 1 aromatic rings. The second-order valence-electron chi connectivity index (χ2n) is 5.82. The van der Waals surface area contributed by atoms with Gasteiger partial charge in [0.05, 0.1) is 0 Å². The van der Waals surface area contributed by atoms with E-state index in [0.29, 0.717) is 6.04 Å². The average molecular weight is 266 g/mol. The Balaban J connectivity index is 1.91. The second kappa shape index (κ2) is 6.69. The van der Waals surface area contributed by atoms with E-state index in [-0.39, 0.29) is 0 Å². The van der Waals surface area contributed by atoms with Crippen molar-refractivity contribution < 1.29 is 0 Å². The van der Waals surface area contributed by atoms with Crippen LogP contribution in [0.2, 0.25) is 0 Å². The van der Waals surface area contributed by atoms with E-state index in [4.69, 9.17) is 5.73 Å². The third-order valence-corrected chi connectivity index (χ3v) is 5.26. The maximum Gasteiger partial charge on any atom is 0.0328 e. The van der Waals surface area contributed by atoms with Gasteiger partial charge in [-0.25, -0.2) is 0 Å². The normalized spacial score (nSPS) is 26.4. The summed E-state index contributed by atoms with van der Waals surface area (Å²) in [6.07, 6.45) is 5.48. The summed E-state index contributed by atoms with van der Waals surface area (Å²) in [5.74, 6) is 1.72. The van der Waals surface area contributed by atoms with Crippen molar-refractivity contribution in [3.05, 3.63) is 22.4 Å². The minimum Gasteiger partial charge on any atom is -0.329 e. The molecule has 0 aromatic carbocycles. The molecule has 2 nitrogen and oxygen atoms in total. The van der Waals surface area contributed by atoms with E-state index >= 15 is 0 Å². The fourth-order valence-corrected chi connectivity index (χ4v) is 3.94. The molecule has 18 heavy (non-hydrogen) atoms. The summed E-state index contributed by atoms with van der Waals surface area (Å²) in [5.41, 5.74) is 6.03. The molecule has 1 fully saturated rings. The van der Waals surface area contributed by atoms with Crippen LogP contribution in [0.25, 0.3) is 0 Å². The fraction of sp³-hybridized carbons (Fsp3) is 0.733. The molecular weight excluding hydrogens is 240 g/mol. The lowest BCUT2D eigenvalue weighted by molar-refractivity contribution is 0.131. The van der Waals surface area contributed by atoms with Gasteiger partial charge < -0.3 is 5.73 Å². The van der Waals surface area contributed by atoms with Gasteiger partial charge in [0.1, 0.15) is 0 Å². The van der Waals surface area contributed by atoms with Gasteiger partial charge in [0, 0.05) is 24.0 Å². The van der Waals surface area contributed by atoms with Gasteiger partial charge in [-0.2, -0.15) is 0 Å². The zero-order chi connectivity index (χ0) is 13.0. The molecule has 0 spiro atoms. The maximum absolute atomic E-state index is 6.03. The molecule has 1 aliphatic rings. The van der Waals surface area contributed by atoms with E-state index in [1.165, 1.54) is 30.6 Å². The Morgan fingerprint density at radius 3 is 2.67 bits per heavy atom. The predicted molar refractivity (Wildman–Crippen MR) is 79.8 cm³/mol. The van der Waals surface area contributed by atoms with E-state index in [0.717, 1.165) is 24.9 Å². The summed E-state index contributed by atoms with van der Waals surface area (Å²) in [6, 6.07) is 4.91. The van der Waals surface area contributed by atoms with Crippen molar-refractivity contribution >= 4 is 11.3 Å². The average Bonchev–Trinajstić information content (AvgIpc) is 2.85. The van der Waals surface area contributed by atoms with Gasteiger partial charge in [-0.05, 0) is 43.2 Å². The van der Waals surface area contributed by atoms with Crippen LogP contribution in [0.1, 0.15) is 37.5 Å². The van der Waals surface area contributed by atoms with Gasteiger partial charge in [0.25, 0.3) is 0 Å². The zero-order valence-corrected chi connectivity index (χ0v) is 12.5. The molecule has 0 radical (unpaired) electrons. The van der Waals surface area contributed by atoms with E-state index in [1.54, 1.807) is 0 Å². The molecule has 1 heterocycles. The topological polar surface area (TPSA) is 29.3 Å². The molecule has 1 saturated carbocycles. The lowest BCUT2D eigenvalue weighted by Gasteiger charge is -2.37. The third-order valence-electron chi connectivity index (χ3n) is 4.40. The van der Waals surface area contributed by atoms with Crippen LogP contribution in [0.3, 0.4) is 0 Å². The number of likely N-dealkylation sites (N-methyl/N-ethyl adjacent to an activating group) is 1. The van der Waals surface area contributed by atoms with Crippen molar-refractivity contribution in [3.63, 3.8) is 0 Å². The van der Waals surface area contributed by atoms with Crippen molar-refractivity contribution in [3.8, 4) is 0 Å². The third kappa shape index (κ3) is 3.56. The van der Waals surface area contributed by atoms with Crippen LogP contribution in [0, 0.1) is 11.8 Å². The molecule has 2 N–H and O–H groups in total. The van der Waals surface area contributed by atoms with Gasteiger partial charge in [-0.3, -0.25) is 4.90 Å². The predicted octanol–water partition coefficient (Wildman–Crippen LogP) is 3.33. The molecule has 102 valence electrons. The monoisotopic (exact) mass is 266 g/mol. The molecule has 1 aliphatic carbocycles. The molecule has 1 aromatic heterocycles. The van der Waals surface area contributed by atoms with Gasteiger partial charge >= 0.3 is 0 Å². The number of nitrogens with zero attached hydrogens (tertiary/aromatic N) is 1. The van der Waals surface area contributed by atoms with Crippen molar-refractivity contribution in [1.29, 1.82) is 0 Å². The van der Waals surface area contributed by atoms with E-state index in [1.807, 2.05) is 11.3 Å². The summed E-state index contributed by atoms with van der Waals surface area (Å²) in [4.78, 5) is 3.91. The summed E-state index contributed by atoms with van der Waals surface area (Å²) in [5, 5.41) is 2.16. The first-order valence-electron chi connectivity index (χ1n) is 7.13. The van der Waals surface area contributed by atoms with Crippen LogP contribution in [-0.4, -0.2) is 24.5 Å². The number of hydrogen-bond acceptors (Lipinski definition) is 3. The Morgan fingerprint density at radius 1 is 1.39 bits per heavy atom. The number of hydrogen-bond donors (Lipinski definition) is 1. The Labute approximate surface area is 115 Å². The van der Waals surface area contributed by atoms with Crippen LogP contribution in [0.5, 0.6) is 0 Å². The molecule has 3 heteroatoms. The Kier molecular flexibility index (Phi) is 5.22. The number of thiophene rings is 1. The van der Waals surface area contributed by atoms with Gasteiger partial charge in [-0.15, -0.1) is 11.3 Å². The van der Waals surface area contributed by atoms with E-state index in [2.05, 4.69) is 36.4 Å². The van der Waals surface area contributed by atoms with E-state index in [9.17, 15) is 0 Å². The molecule has 0 bridgehead atoms. The SMILES string of the molecule is CC1CCC(C(CN)N(C)Cc2cccs2)CC1. The Morgan fingerprint density at radius 2 is 2.11 bits per heavy atom. The highest BCUT2D eigenvalue weighted by Crippen LogP contribution is 2.32. The molecule has 0 saturated heterocycles. The van der Waals surface area contributed by atoms with Gasteiger partial charge in [-0.1, -0.05) is 25.8 Å². The van der Waals surface area contributed by atoms with E-state index < -0.39 is 0 Å². The van der Waals surface area contributed by atoms with Crippen molar-refractivity contribution in [2.24, 2.45) is 17.6 Å². The van der Waals surface area contributed by atoms with Crippen LogP contribution in [0.4, 0.5) is 0 Å². The molecule has 0 amide bonds. The summed E-state index contributed by atoms with van der Waals surface area (Å²) in [6.45, 7) is 4.22. The Hall–Kier alpha value is -0.380. The first kappa shape index (κ1) is 14.0. The minimum atomic E-state index is 0.555. The molecule has 2 rings (SSSR count). The van der Waals surface area contributed by atoms with Crippen LogP contribution < -0.4 is 5.73 Å². The van der Waals surface area contributed by atoms with Crippen molar-refractivity contribution in [1.82, 2.24) is 4.90 Å². The quantitative estimate of drug-likeness (QED) is 0.885. The summed E-state index contributed by atoms with van der Waals surface area (Å²) >= 11 is 1.84. The summed E-state index contributed by atoms with van der Waals surface area (Å²) in [7, 11) is 2.23. The largest absolute Gasteiger partial charge is 0.329 e. The zero-order valence-electron chi connectivity index (χ0n) is 11.6. The lowest BCUT2D eigenvalue weighted by atomic mass is 9.79. The van der Waals surface area contributed by atoms with Crippen LogP contribution in [0.15, 0.2) is 17.5 Å². The number of rotatable bonds is 5. The maximum atomic E-state index is 6.03. The Bertz CT molecular complexity index is 328. The van der Waals surface area contributed by atoms with Gasteiger partial charge in [0.15, 0.2) is 0 Å². The highest BCUT2D eigenvalue weighted by atomic mass is 32.1. The van der Waals surface area contributed by atoms with Crippen molar-refractivity contribution in [2.75, 3.05) is 13.6 Å². The number of nitrogens with two attached hydrogens (primary N) is 1. The standard InChI is InChI=1S/C15H26N2S/c1-12-5-7-13(8-6-12)15(10-16)17(2)11-14-4-3-9-18-14/h3-4,9,12-13,15H,5-8,10-11,16H2,1-2H3. The lowest BCUT2D eigenvalue weighted by Crippen LogP contribution is -2.44. The first-order chi connectivity index (χ1) is 8.70.